The van der Waals surface area contributed by atoms with E-state index in [0.29, 0.717) is 0 Å². The molecule has 1 rings (SSSR count). The van der Waals surface area contributed by atoms with Crippen LogP contribution in [0.2, 0.25) is 0 Å². The summed E-state index contributed by atoms with van der Waals surface area (Å²) >= 11 is 0. The fourth-order valence-corrected chi connectivity index (χ4v) is 1.20. The highest BCUT2D eigenvalue weighted by Crippen LogP contribution is 2.21. The first-order valence-corrected chi connectivity index (χ1v) is 3.41. The van der Waals surface area contributed by atoms with E-state index in [1.165, 1.54) is 6.42 Å². The minimum Gasteiger partial charge on any atom is -0.388 e. The van der Waals surface area contributed by atoms with Crippen molar-refractivity contribution in [3.8, 4) is 0 Å². The highest BCUT2D eigenvalue weighted by molar-refractivity contribution is 5.07. The quantitative estimate of drug-likeness (QED) is 0.487. The predicted molar refractivity (Wildman–Crippen MR) is 37.1 cm³/mol. The Morgan fingerprint density at radius 3 is 2.78 bits per heavy atom. The Hall–Kier alpha value is -0.520. The Kier molecular flexibility index (Phi) is 2.10. The van der Waals surface area contributed by atoms with Gasteiger partial charge in [0.15, 0.2) is 0 Å². The summed E-state index contributed by atoms with van der Waals surface area (Å²) in [6.07, 6.45) is 3.99. The van der Waals surface area contributed by atoms with Gasteiger partial charge >= 0.3 is 0 Å². The fourth-order valence-electron chi connectivity index (χ4n) is 1.20. The van der Waals surface area contributed by atoms with Crippen LogP contribution < -0.4 is 0 Å². The molecule has 0 aromatic rings. The van der Waals surface area contributed by atoms with Crippen LogP contribution in [0.5, 0.6) is 0 Å². The molecule has 1 nitrogen and oxygen atoms in total. The third kappa shape index (κ3) is 1.44. The van der Waals surface area contributed by atoms with Crippen LogP contribution in [0.15, 0.2) is 17.9 Å². The average molecular weight is 124 g/mol. The lowest BCUT2D eigenvalue weighted by Crippen LogP contribution is -2.13. The van der Waals surface area contributed by atoms with Gasteiger partial charge in [-0.05, 0) is 24.8 Å². The molecular formula is C8H12O. The summed E-state index contributed by atoms with van der Waals surface area (Å²) in [4.78, 5) is 0. The molecule has 0 aliphatic heterocycles. The molecule has 0 spiro atoms. The smallest absolute Gasteiger partial charge is 0.0823 e. The number of aliphatic hydroxyl groups excluding tert-OH is 1. The largest absolute Gasteiger partial charge is 0.388 e. The highest BCUT2D eigenvalue weighted by atomic mass is 16.3. The van der Waals surface area contributed by atoms with Crippen molar-refractivity contribution < 1.29 is 5.11 Å². The first kappa shape index (κ1) is 6.60. The van der Waals surface area contributed by atoms with Crippen LogP contribution in [-0.4, -0.2) is 11.2 Å². The lowest BCUT2D eigenvalue weighted by Gasteiger charge is -2.17. The van der Waals surface area contributed by atoms with Gasteiger partial charge < -0.3 is 5.11 Å². The van der Waals surface area contributed by atoms with Crippen molar-refractivity contribution in [1.29, 1.82) is 0 Å². The molecule has 1 atom stereocenters. The lowest BCUT2D eigenvalue weighted by molar-refractivity contribution is 0.179. The summed E-state index contributed by atoms with van der Waals surface area (Å²) in [5.74, 6) is 0. The summed E-state index contributed by atoms with van der Waals surface area (Å²) in [5, 5.41) is 9.23. The second kappa shape index (κ2) is 2.86. The summed E-state index contributed by atoms with van der Waals surface area (Å²) in [5.41, 5.74) is 3.77. The van der Waals surface area contributed by atoms with Crippen LogP contribution in [0.4, 0.5) is 0 Å². The molecular weight excluding hydrogens is 112 g/mol. The van der Waals surface area contributed by atoms with E-state index in [9.17, 15) is 5.11 Å². The number of rotatable bonds is 0. The molecule has 1 saturated carbocycles. The van der Waals surface area contributed by atoms with Crippen molar-refractivity contribution in [2.75, 3.05) is 0 Å². The Labute approximate surface area is 55.7 Å². The van der Waals surface area contributed by atoms with E-state index < -0.39 is 0 Å². The first-order chi connectivity index (χ1) is 4.34. The molecule has 1 unspecified atom stereocenters. The molecule has 0 bridgehead atoms. The molecule has 9 heavy (non-hydrogen) atoms. The number of aliphatic hydroxyl groups is 1. The molecule has 1 fully saturated rings. The minimum atomic E-state index is -0.240. The molecule has 0 aromatic carbocycles. The monoisotopic (exact) mass is 124 g/mol. The van der Waals surface area contributed by atoms with Gasteiger partial charge in [-0.1, -0.05) is 13.0 Å². The zero-order valence-corrected chi connectivity index (χ0v) is 5.56. The Morgan fingerprint density at radius 2 is 2.33 bits per heavy atom. The van der Waals surface area contributed by atoms with Gasteiger partial charge in [0.05, 0.1) is 6.10 Å². The van der Waals surface area contributed by atoms with E-state index in [-0.39, 0.29) is 6.10 Å². The van der Waals surface area contributed by atoms with E-state index in [2.05, 4.69) is 12.3 Å². The summed E-state index contributed by atoms with van der Waals surface area (Å²) in [7, 11) is 0. The van der Waals surface area contributed by atoms with Crippen molar-refractivity contribution in [2.24, 2.45) is 0 Å². The van der Waals surface area contributed by atoms with Crippen LogP contribution in [-0.2, 0) is 0 Å². The van der Waals surface area contributed by atoms with Gasteiger partial charge in [0.25, 0.3) is 0 Å². The van der Waals surface area contributed by atoms with E-state index in [4.69, 9.17) is 0 Å². The molecule has 0 aromatic heterocycles. The zero-order chi connectivity index (χ0) is 6.69. The van der Waals surface area contributed by atoms with Crippen molar-refractivity contribution in [3.63, 3.8) is 0 Å². The third-order valence-corrected chi connectivity index (χ3v) is 1.80. The van der Waals surface area contributed by atoms with Crippen LogP contribution in [0, 0.1) is 0 Å². The Bertz CT molecular complexity index is 143. The Morgan fingerprint density at radius 1 is 1.56 bits per heavy atom. The van der Waals surface area contributed by atoms with E-state index in [1.807, 2.05) is 0 Å². The van der Waals surface area contributed by atoms with Crippen molar-refractivity contribution in [1.82, 2.24) is 0 Å². The fraction of sp³-hybridized carbons (Fsp3) is 0.625. The maximum absolute atomic E-state index is 9.23. The minimum absolute atomic E-state index is 0.240. The van der Waals surface area contributed by atoms with Crippen molar-refractivity contribution in [2.45, 2.75) is 31.8 Å². The first-order valence-electron chi connectivity index (χ1n) is 3.41. The van der Waals surface area contributed by atoms with Gasteiger partial charge in [0, 0.05) is 0 Å². The molecule has 50 valence electrons. The second-order valence-corrected chi connectivity index (χ2v) is 2.46. The summed E-state index contributed by atoms with van der Waals surface area (Å²) in [6.45, 7) is 3.51. The number of hydrogen-bond donors (Lipinski definition) is 1. The van der Waals surface area contributed by atoms with Crippen LogP contribution >= 0.6 is 0 Å². The van der Waals surface area contributed by atoms with Gasteiger partial charge in [-0.3, -0.25) is 0 Å². The Balaban J connectivity index is 2.59. The maximum Gasteiger partial charge on any atom is 0.0823 e. The molecule has 0 saturated heterocycles. The van der Waals surface area contributed by atoms with Crippen LogP contribution in [0.25, 0.3) is 0 Å². The van der Waals surface area contributed by atoms with Gasteiger partial charge in [-0.25, -0.2) is 0 Å². The van der Waals surface area contributed by atoms with Crippen molar-refractivity contribution in [3.05, 3.63) is 17.9 Å². The van der Waals surface area contributed by atoms with Crippen molar-refractivity contribution >= 4 is 0 Å². The van der Waals surface area contributed by atoms with E-state index in [0.717, 1.165) is 24.8 Å². The van der Waals surface area contributed by atoms with Gasteiger partial charge in [0.1, 0.15) is 0 Å². The van der Waals surface area contributed by atoms with Gasteiger partial charge in [-0.15, -0.1) is 5.73 Å². The highest BCUT2D eigenvalue weighted by Gasteiger charge is 2.14. The topological polar surface area (TPSA) is 20.2 Å². The summed E-state index contributed by atoms with van der Waals surface area (Å²) < 4.78 is 0. The molecule has 0 heterocycles. The average Bonchev–Trinajstić information content (AvgIpc) is 1.89. The normalized spacial score (nSPS) is 27.7. The number of hydrogen-bond acceptors (Lipinski definition) is 1. The molecule has 0 radical (unpaired) electrons. The molecule has 0 amide bonds. The molecule has 1 aliphatic rings. The SMILES string of the molecule is C=C=C1CCCCC1O. The molecule has 1 N–H and O–H groups in total. The van der Waals surface area contributed by atoms with Gasteiger partial charge in [-0.2, -0.15) is 0 Å². The molecule has 1 aliphatic carbocycles. The van der Waals surface area contributed by atoms with E-state index >= 15 is 0 Å². The van der Waals surface area contributed by atoms with Crippen LogP contribution in [0.1, 0.15) is 25.7 Å². The maximum atomic E-state index is 9.23. The zero-order valence-electron chi connectivity index (χ0n) is 5.56. The standard InChI is InChI=1S/C8H12O/c1-2-7-5-3-4-6-8(7)9/h8-9H,1,3-6H2. The van der Waals surface area contributed by atoms with Crippen LogP contribution in [0.3, 0.4) is 0 Å². The lowest BCUT2D eigenvalue weighted by atomic mass is 9.93. The molecule has 1 heteroatoms. The predicted octanol–water partition coefficient (Wildman–Crippen LogP) is 1.63. The van der Waals surface area contributed by atoms with E-state index in [1.54, 1.807) is 0 Å². The van der Waals surface area contributed by atoms with Gasteiger partial charge in [0.2, 0.25) is 0 Å². The summed E-state index contributed by atoms with van der Waals surface area (Å²) in [6, 6.07) is 0. The second-order valence-electron chi connectivity index (χ2n) is 2.46. The third-order valence-electron chi connectivity index (χ3n) is 1.80.